The molecule has 5 heteroatoms. The van der Waals surface area contributed by atoms with Crippen LogP contribution in [0.4, 0.5) is 0 Å². The molecule has 0 spiro atoms. The van der Waals surface area contributed by atoms with Gasteiger partial charge in [0.25, 0.3) is 10.0 Å². The van der Waals surface area contributed by atoms with Crippen molar-refractivity contribution in [2.75, 3.05) is 0 Å². The number of unbranched alkanes of at least 4 members (excludes halogenated alkanes) is 1. The SMILES string of the molecule is CCCCC1C(=O)N(S(=O)(=O)c2ccc(C)cc2)C1c1ccccc1. The van der Waals surface area contributed by atoms with Crippen molar-refractivity contribution in [2.45, 2.75) is 44.0 Å². The summed E-state index contributed by atoms with van der Waals surface area (Å²) in [5, 5.41) is 0. The molecule has 2 unspecified atom stereocenters. The van der Waals surface area contributed by atoms with E-state index in [9.17, 15) is 13.2 Å². The van der Waals surface area contributed by atoms with Crippen LogP contribution in [0, 0.1) is 12.8 Å². The van der Waals surface area contributed by atoms with Gasteiger partial charge in [-0.15, -0.1) is 0 Å². The van der Waals surface area contributed by atoms with Gasteiger partial charge in [-0.1, -0.05) is 67.8 Å². The standard InChI is InChI=1S/C20H23NO3S/c1-3-4-10-18-19(16-8-6-5-7-9-16)21(20(18)22)25(23,24)17-13-11-15(2)12-14-17/h5-9,11-14,18-19H,3-4,10H2,1-2H3. The summed E-state index contributed by atoms with van der Waals surface area (Å²) in [5.74, 6) is -0.551. The maximum atomic E-state index is 13.0. The minimum absolute atomic E-state index is 0.168. The van der Waals surface area contributed by atoms with E-state index in [2.05, 4.69) is 6.92 Å². The summed E-state index contributed by atoms with van der Waals surface area (Å²) in [5.41, 5.74) is 1.85. The van der Waals surface area contributed by atoms with Crippen molar-refractivity contribution in [3.05, 3.63) is 65.7 Å². The number of benzene rings is 2. The van der Waals surface area contributed by atoms with Crippen LogP contribution in [0.5, 0.6) is 0 Å². The summed E-state index contributed by atoms with van der Waals surface area (Å²) in [6, 6.07) is 15.7. The molecule has 4 nitrogen and oxygen atoms in total. The van der Waals surface area contributed by atoms with E-state index < -0.39 is 16.1 Å². The van der Waals surface area contributed by atoms with E-state index in [0.717, 1.165) is 34.7 Å². The van der Waals surface area contributed by atoms with Gasteiger partial charge in [0.2, 0.25) is 5.91 Å². The van der Waals surface area contributed by atoms with Crippen LogP contribution in [0.3, 0.4) is 0 Å². The second-order valence-corrected chi connectivity index (χ2v) is 8.37. The predicted molar refractivity (Wildman–Crippen MR) is 97.4 cm³/mol. The first kappa shape index (κ1) is 17.7. The highest BCUT2D eigenvalue weighted by Crippen LogP contribution is 2.46. The molecule has 2 aromatic rings. The van der Waals surface area contributed by atoms with Crippen LogP contribution < -0.4 is 0 Å². The van der Waals surface area contributed by atoms with Gasteiger partial charge < -0.3 is 0 Å². The Labute approximate surface area is 149 Å². The van der Waals surface area contributed by atoms with Gasteiger partial charge in [-0.2, -0.15) is 0 Å². The summed E-state index contributed by atoms with van der Waals surface area (Å²) < 4.78 is 27.2. The number of aryl methyl sites for hydroxylation is 1. The summed E-state index contributed by atoms with van der Waals surface area (Å²) >= 11 is 0. The topological polar surface area (TPSA) is 54.5 Å². The number of β-lactam (4-membered cyclic amide) rings is 1. The molecule has 1 aliphatic rings. The molecule has 0 N–H and O–H groups in total. The fourth-order valence-electron chi connectivity index (χ4n) is 3.33. The van der Waals surface area contributed by atoms with Crippen LogP contribution >= 0.6 is 0 Å². The zero-order valence-corrected chi connectivity index (χ0v) is 15.4. The maximum absolute atomic E-state index is 13.0. The number of sulfonamides is 1. The number of carbonyl (C=O) groups is 1. The van der Waals surface area contributed by atoms with Crippen molar-refractivity contribution in [1.82, 2.24) is 4.31 Å². The van der Waals surface area contributed by atoms with Gasteiger partial charge in [0, 0.05) is 0 Å². The molecule has 1 amide bonds. The first-order valence-corrected chi connectivity index (χ1v) is 10.1. The smallest absolute Gasteiger partial charge is 0.267 e. The van der Waals surface area contributed by atoms with Crippen molar-refractivity contribution in [2.24, 2.45) is 5.92 Å². The van der Waals surface area contributed by atoms with Crippen molar-refractivity contribution in [3.63, 3.8) is 0 Å². The van der Waals surface area contributed by atoms with Gasteiger partial charge >= 0.3 is 0 Å². The van der Waals surface area contributed by atoms with Crippen LogP contribution in [0.25, 0.3) is 0 Å². The Morgan fingerprint density at radius 3 is 2.24 bits per heavy atom. The van der Waals surface area contributed by atoms with Crippen LogP contribution in [0.2, 0.25) is 0 Å². The minimum atomic E-state index is -3.84. The van der Waals surface area contributed by atoms with Gasteiger partial charge in [-0.3, -0.25) is 4.79 Å². The van der Waals surface area contributed by atoms with Crippen LogP contribution in [0.15, 0.2) is 59.5 Å². The summed E-state index contributed by atoms with van der Waals surface area (Å²) in [6.45, 7) is 3.97. The first-order chi connectivity index (χ1) is 12.0. The van der Waals surface area contributed by atoms with E-state index >= 15 is 0 Å². The molecule has 25 heavy (non-hydrogen) atoms. The molecule has 0 bridgehead atoms. The third-order valence-corrected chi connectivity index (χ3v) is 6.55. The Kier molecular flexibility index (Phi) is 4.95. The van der Waals surface area contributed by atoms with E-state index in [1.807, 2.05) is 37.3 Å². The fraction of sp³-hybridized carbons (Fsp3) is 0.350. The average Bonchev–Trinajstić information content (AvgIpc) is 2.60. The van der Waals surface area contributed by atoms with Crippen molar-refractivity contribution >= 4 is 15.9 Å². The number of nitrogens with zero attached hydrogens (tertiary/aromatic N) is 1. The molecule has 1 heterocycles. The van der Waals surface area contributed by atoms with Gasteiger partial charge in [-0.05, 0) is 31.0 Å². The highest BCUT2D eigenvalue weighted by atomic mass is 32.2. The molecule has 3 rings (SSSR count). The Hall–Kier alpha value is -2.14. The highest BCUT2D eigenvalue weighted by molar-refractivity contribution is 7.89. The van der Waals surface area contributed by atoms with Gasteiger partial charge in [0.1, 0.15) is 0 Å². The Morgan fingerprint density at radius 1 is 1.00 bits per heavy atom. The monoisotopic (exact) mass is 357 g/mol. The molecule has 2 atom stereocenters. The van der Waals surface area contributed by atoms with E-state index in [1.165, 1.54) is 0 Å². The lowest BCUT2D eigenvalue weighted by molar-refractivity contribution is -0.147. The zero-order chi connectivity index (χ0) is 18.0. The number of hydrogen-bond acceptors (Lipinski definition) is 3. The average molecular weight is 357 g/mol. The minimum Gasteiger partial charge on any atom is -0.273 e. The molecule has 1 saturated heterocycles. The number of hydrogen-bond donors (Lipinski definition) is 0. The molecule has 2 aromatic carbocycles. The summed E-state index contributed by atoms with van der Waals surface area (Å²) in [4.78, 5) is 12.9. The summed E-state index contributed by atoms with van der Waals surface area (Å²) in [6.07, 6.45) is 2.61. The molecule has 1 aliphatic heterocycles. The van der Waals surface area contributed by atoms with Gasteiger partial charge in [0.15, 0.2) is 0 Å². The van der Waals surface area contributed by atoms with Crippen molar-refractivity contribution < 1.29 is 13.2 Å². The second kappa shape index (κ2) is 7.00. The lowest BCUT2D eigenvalue weighted by atomic mass is 9.81. The molecular weight excluding hydrogens is 334 g/mol. The molecule has 0 aliphatic carbocycles. The second-order valence-electron chi connectivity index (χ2n) is 6.56. The Balaban J connectivity index is 1.98. The third-order valence-electron chi connectivity index (χ3n) is 4.76. The van der Waals surface area contributed by atoms with Crippen LogP contribution in [0.1, 0.15) is 43.4 Å². The summed E-state index contributed by atoms with van der Waals surface area (Å²) in [7, 11) is -3.84. The van der Waals surface area contributed by atoms with Crippen molar-refractivity contribution in [3.8, 4) is 0 Å². The van der Waals surface area contributed by atoms with E-state index in [-0.39, 0.29) is 16.7 Å². The number of carbonyl (C=O) groups excluding carboxylic acids is 1. The number of rotatable bonds is 6. The predicted octanol–water partition coefficient (Wildman–Crippen LogP) is 4.07. The third kappa shape index (κ3) is 3.21. The quantitative estimate of drug-likeness (QED) is 0.732. The van der Waals surface area contributed by atoms with Crippen LogP contribution in [-0.2, 0) is 14.8 Å². The van der Waals surface area contributed by atoms with Crippen molar-refractivity contribution in [1.29, 1.82) is 0 Å². The van der Waals surface area contributed by atoms with E-state index in [4.69, 9.17) is 0 Å². The maximum Gasteiger partial charge on any atom is 0.267 e. The van der Waals surface area contributed by atoms with E-state index in [0.29, 0.717) is 0 Å². The molecule has 132 valence electrons. The molecule has 1 fully saturated rings. The Morgan fingerprint density at radius 2 is 1.64 bits per heavy atom. The number of amides is 1. The zero-order valence-electron chi connectivity index (χ0n) is 14.6. The lowest BCUT2D eigenvalue weighted by Crippen LogP contribution is -2.57. The lowest BCUT2D eigenvalue weighted by Gasteiger charge is -2.46. The van der Waals surface area contributed by atoms with Gasteiger partial charge in [-0.25, -0.2) is 12.7 Å². The molecule has 0 saturated carbocycles. The Bertz CT molecular complexity index is 844. The normalized spacial score (nSPS) is 20.4. The van der Waals surface area contributed by atoms with E-state index in [1.54, 1.807) is 24.3 Å². The van der Waals surface area contributed by atoms with Gasteiger partial charge in [0.05, 0.1) is 16.9 Å². The highest BCUT2D eigenvalue weighted by Gasteiger charge is 2.53. The fourth-order valence-corrected chi connectivity index (χ4v) is 4.98. The van der Waals surface area contributed by atoms with Crippen LogP contribution in [-0.4, -0.2) is 18.6 Å². The largest absolute Gasteiger partial charge is 0.273 e. The molecule has 0 aromatic heterocycles. The first-order valence-electron chi connectivity index (χ1n) is 8.66. The molecular formula is C20H23NO3S. The molecule has 0 radical (unpaired) electrons.